The summed E-state index contributed by atoms with van der Waals surface area (Å²) < 4.78 is 0. The van der Waals surface area contributed by atoms with E-state index < -0.39 is 0 Å². The Labute approximate surface area is 345 Å². The van der Waals surface area contributed by atoms with E-state index in [9.17, 15) is 0 Å². The summed E-state index contributed by atoms with van der Waals surface area (Å²) in [4.78, 5) is 7.78. The maximum atomic E-state index is 5.15. The van der Waals surface area contributed by atoms with Crippen molar-refractivity contribution in [2.75, 3.05) is 4.90 Å². The Balaban J connectivity index is 1.16. The van der Waals surface area contributed by atoms with Crippen LogP contribution in [0, 0.1) is 0 Å². The van der Waals surface area contributed by atoms with E-state index in [4.69, 9.17) is 4.98 Å². The molecule has 1 fully saturated rings. The fourth-order valence-electron chi connectivity index (χ4n) is 11.3. The van der Waals surface area contributed by atoms with Crippen LogP contribution in [0.5, 0.6) is 0 Å². The topological polar surface area (TPSA) is 16.1 Å². The van der Waals surface area contributed by atoms with Crippen molar-refractivity contribution in [1.29, 1.82) is 0 Å². The molecule has 2 aliphatic rings. The minimum Gasteiger partial charge on any atom is -0.319 e. The summed E-state index contributed by atoms with van der Waals surface area (Å²) in [5.41, 5.74) is 12.6. The lowest BCUT2D eigenvalue weighted by atomic mass is 9.61. The quantitative estimate of drug-likeness (QED) is 0.163. The molecule has 2 unspecified atom stereocenters. The zero-order chi connectivity index (χ0) is 39.3. The van der Waals surface area contributed by atoms with Crippen LogP contribution < -0.4 is 4.90 Å². The van der Waals surface area contributed by atoms with Crippen LogP contribution >= 0.6 is 0 Å². The van der Waals surface area contributed by atoms with Gasteiger partial charge in [-0.2, -0.15) is 0 Å². The Morgan fingerprint density at radius 1 is 0.441 bits per heavy atom. The lowest BCUT2D eigenvalue weighted by Gasteiger charge is -2.50. The van der Waals surface area contributed by atoms with Crippen molar-refractivity contribution in [3.05, 3.63) is 188 Å². The van der Waals surface area contributed by atoms with Crippen LogP contribution in [-0.4, -0.2) is 10.5 Å². The first-order valence-electron chi connectivity index (χ1n) is 21.3. The van der Waals surface area contributed by atoms with Crippen molar-refractivity contribution in [1.82, 2.24) is 4.98 Å². The number of anilines is 2. The highest BCUT2D eigenvalue weighted by Gasteiger charge is 2.58. The molecule has 1 aliphatic heterocycles. The van der Waals surface area contributed by atoms with Crippen LogP contribution in [0.3, 0.4) is 0 Å². The molecule has 2 nitrogen and oxygen atoms in total. The minimum atomic E-state index is -0.108. The Kier molecular flexibility index (Phi) is 7.48. The molecule has 2 heterocycles. The van der Waals surface area contributed by atoms with Crippen molar-refractivity contribution in [3.63, 3.8) is 0 Å². The molecule has 2 heteroatoms. The highest BCUT2D eigenvalue weighted by molar-refractivity contribution is 6.32. The van der Waals surface area contributed by atoms with Gasteiger partial charge in [0.1, 0.15) is 5.82 Å². The molecular weight excluding hydrogens is 713 g/mol. The van der Waals surface area contributed by atoms with Gasteiger partial charge < -0.3 is 4.90 Å². The second kappa shape index (κ2) is 12.9. The second-order valence-corrected chi connectivity index (χ2v) is 17.3. The average Bonchev–Trinajstić information content (AvgIpc) is 3.50. The van der Waals surface area contributed by atoms with Gasteiger partial charge >= 0.3 is 0 Å². The van der Waals surface area contributed by atoms with Gasteiger partial charge in [-0.15, -0.1) is 0 Å². The molecule has 0 amide bonds. The standard InChI is InChI=1S/C57H44N2/c1-56-31-14-15-32-57(56,2)59(55-42-23-13-12-22-40(42)30-33-58-55)52-29-24-41(34-51(52)56)50-36-49(39-20-10-5-11-21-39)45-26-25-43-47(37-16-6-3-7-17-37)35-48(38-18-8-4-9-19-38)44-27-28-46(50)54(45)53(43)44/h3-13,16-30,33-36H,14-15,31-32H2,1-2H3. The van der Waals surface area contributed by atoms with Crippen LogP contribution in [0.15, 0.2) is 182 Å². The minimum absolute atomic E-state index is 0.0452. The van der Waals surface area contributed by atoms with Gasteiger partial charge in [0.25, 0.3) is 0 Å². The van der Waals surface area contributed by atoms with Gasteiger partial charge in [0, 0.05) is 22.7 Å². The molecule has 282 valence electrons. The molecule has 0 saturated heterocycles. The molecular formula is C57H44N2. The zero-order valence-corrected chi connectivity index (χ0v) is 33.5. The summed E-state index contributed by atoms with van der Waals surface area (Å²) in [6.45, 7) is 5.04. The van der Waals surface area contributed by atoms with Crippen molar-refractivity contribution >= 4 is 54.6 Å². The van der Waals surface area contributed by atoms with E-state index in [1.165, 1.54) is 112 Å². The van der Waals surface area contributed by atoms with E-state index in [0.717, 1.165) is 18.7 Å². The van der Waals surface area contributed by atoms with Gasteiger partial charge in [0.15, 0.2) is 0 Å². The zero-order valence-electron chi connectivity index (χ0n) is 33.5. The molecule has 1 saturated carbocycles. The summed E-state index contributed by atoms with van der Waals surface area (Å²) in [5.74, 6) is 1.07. The van der Waals surface area contributed by atoms with Gasteiger partial charge in [0.2, 0.25) is 0 Å². The summed E-state index contributed by atoms with van der Waals surface area (Å²) in [7, 11) is 0. The highest BCUT2D eigenvalue weighted by Crippen LogP contribution is 2.62. The van der Waals surface area contributed by atoms with E-state index in [1.807, 2.05) is 6.20 Å². The van der Waals surface area contributed by atoms with E-state index in [0.29, 0.717) is 0 Å². The summed E-state index contributed by atoms with van der Waals surface area (Å²) in [6, 6.07) is 65.6. The van der Waals surface area contributed by atoms with Gasteiger partial charge in [-0.05, 0) is 138 Å². The number of rotatable bonds is 5. The first kappa shape index (κ1) is 34.3. The van der Waals surface area contributed by atoms with E-state index >= 15 is 0 Å². The molecule has 10 aromatic rings. The van der Waals surface area contributed by atoms with Gasteiger partial charge in [-0.25, -0.2) is 4.98 Å². The number of nitrogens with zero attached hydrogens (tertiary/aromatic N) is 2. The molecule has 0 N–H and O–H groups in total. The third kappa shape index (κ3) is 4.90. The molecule has 59 heavy (non-hydrogen) atoms. The number of pyridine rings is 1. The molecule has 1 aromatic heterocycles. The van der Waals surface area contributed by atoms with Crippen LogP contribution in [0.2, 0.25) is 0 Å². The van der Waals surface area contributed by atoms with Crippen LogP contribution in [0.1, 0.15) is 45.1 Å². The van der Waals surface area contributed by atoms with Crippen LogP contribution in [0.25, 0.3) is 87.6 Å². The van der Waals surface area contributed by atoms with Crippen molar-refractivity contribution < 1.29 is 0 Å². The normalized spacial score (nSPS) is 18.8. The molecule has 12 rings (SSSR count). The number of hydrogen-bond donors (Lipinski definition) is 0. The molecule has 2 atom stereocenters. The van der Waals surface area contributed by atoms with E-state index in [2.05, 4.69) is 195 Å². The number of benzene rings is 9. The largest absolute Gasteiger partial charge is 0.319 e. The fraction of sp³-hybridized carbons (Fsp3) is 0.140. The molecule has 9 aromatic carbocycles. The lowest BCUT2D eigenvalue weighted by Crippen LogP contribution is -2.54. The van der Waals surface area contributed by atoms with Crippen molar-refractivity contribution in [3.8, 4) is 44.5 Å². The maximum absolute atomic E-state index is 5.15. The first-order valence-corrected chi connectivity index (χ1v) is 21.3. The number of hydrogen-bond acceptors (Lipinski definition) is 2. The monoisotopic (exact) mass is 756 g/mol. The summed E-state index contributed by atoms with van der Waals surface area (Å²) in [6.07, 6.45) is 6.73. The Hall–Kier alpha value is -6.77. The van der Waals surface area contributed by atoms with Gasteiger partial charge in [-0.3, -0.25) is 0 Å². The fourth-order valence-corrected chi connectivity index (χ4v) is 11.3. The van der Waals surface area contributed by atoms with Crippen LogP contribution in [-0.2, 0) is 5.41 Å². The Bertz CT molecular complexity index is 3180. The van der Waals surface area contributed by atoms with E-state index in [1.54, 1.807) is 0 Å². The summed E-state index contributed by atoms with van der Waals surface area (Å²) in [5, 5.41) is 10.3. The smallest absolute Gasteiger partial charge is 0.141 e. The number of aromatic nitrogens is 1. The van der Waals surface area contributed by atoms with Crippen LogP contribution in [0.4, 0.5) is 11.5 Å². The molecule has 0 radical (unpaired) electrons. The molecule has 0 bridgehead atoms. The Morgan fingerprint density at radius 2 is 0.932 bits per heavy atom. The SMILES string of the molecule is CC12CCCCC1(C)N(c1nccc3ccccc13)c1ccc(-c3cc(-c4ccccc4)c4ccc5c(-c6ccccc6)cc(-c6ccccc6)c6ccc3c4c56)cc12. The second-order valence-electron chi connectivity index (χ2n) is 17.3. The highest BCUT2D eigenvalue weighted by atomic mass is 15.3. The lowest BCUT2D eigenvalue weighted by molar-refractivity contribution is 0.194. The predicted molar refractivity (Wildman–Crippen MR) is 250 cm³/mol. The average molecular weight is 757 g/mol. The third-order valence-electron chi connectivity index (χ3n) is 14.4. The van der Waals surface area contributed by atoms with Gasteiger partial charge in [0.05, 0.1) is 5.54 Å². The number of fused-ring (bicyclic) bond motifs is 4. The Morgan fingerprint density at radius 3 is 1.49 bits per heavy atom. The molecule has 0 spiro atoms. The van der Waals surface area contributed by atoms with Crippen molar-refractivity contribution in [2.24, 2.45) is 0 Å². The summed E-state index contributed by atoms with van der Waals surface area (Å²) >= 11 is 0. The predicted octanol–water partition coefficient (Wildman–Crippen LogP) is 15.5. The van der Waals surface area contributed by atoms with Crippen molar-refractivity contribution in [2.45, 2.75) is 50.5 Å². The van der Waals surface area contributed by atoms with E-state index in [-0.39, 0.29) is 11.0 Å². The maximum Gasteiger partial charge on any atom is 0.141 e. The molecule has 1 aliphatic carbocycles. The first-order chi connectivity index (χ1) is 29.0. The third-order valence-corrected chi connectivity index (χ3v) is 14.4. The van der Waals surface area contributed by atoms with Gasteiger partial charge in [-0.1, -0.05) is 165 Å².